The highest BCUT2D eigenvalue weighted by atomic mass is 16.4. The van der Waals surface area contributed by atoms with Gasteiger partial charge in [0.05, 0.1) is 0 Å². The standard InChI is InChI=1S/C20H36O2/c1-2-3-4-5-6-7-8-9-10-11-12-13-14-15-16-17-18-19-20(21)22/h9-10,12-13H,2-8,11,14-19H2,1H3,(H,21,22). The minimum absolute atomic E-state index is 0.319. The van der Waals surface area contributed by atoms with Crippen molar-refractivity contribution in [3.05, 3.63) is 24.3 Å². The molecule has 0 aromatic rings. The van der Waals surface area contributed by atoms with Gasteiger partial charge in [-0.25, -0.2) is 0 Å². The Balaban J connectivity index is 3.19. The number of hydrogen-bond acceptors (Lipinski definition) is 1. The van der Waals surface area contributed by atoms with Crippen LogP contribution in [0.2, 0.25) is 0 Å². The van der Waals surface area contributed by atoms with E-state index in [1.54, 1.807) is 0 Å². The summed E-state index contributed by atoms with van der Waals surface area (Å²) in [5.74, 6) is -0.673. The summed E-state index contributed by atoms with van der Waals surface area (Å²) in [5, 5.41) is 8.52. The average Bonchev–Trinajstić information content (AvgIpc) is 2.50. The molecule has 0 amide bonds. The molecular formula is C20H36O2. The maximum atomic E-state index is 10.3. The van der Waals surface area contributed by atoms with Crippen LogP contribution in [0, 0.1) is 0 Å². The number of carboxylic acid groups (broad SMARTS) is 1. The fourth-order valence-corrected chi connectivity index (χ4v) is 2.44. The first-order valence-corrected chi connectivity index (χ1v) is 9.29. The third kappa shape index (κ3) is 18.9. The number of carbonyl (C=O) groups is 1. The molecule has 2 nitrogen and oxygen atoms in total. The van der Waals surface area contributed by atoms with Crippen LogP contribution in [0.3, 0.4) is 0 Å². The number of hydrogen-bond donors (Lipinski definition) is 1. The molecule has 0 fully saturated rings. The van der Waals surface area contributed by atoms with Crippen LogP contribution in [0.15, 0.2) is 24.3 Å². The molecule has 0 aromatic carbocycles. The zero-order valence-electron chi connectivity index (χ0n) is 14.6. The van der Waals surface area contributed by atoms with Crippen LogP contribution in [0.4, 0.5) is 0 Å². The van der Waals surface area contributed by atoms with Gasteiger partial charge in [-0.2, -0.15) is 0 Å². The molecule has 0 rings (SSSR count). The first-order chi connectivity index (χ1) is 10.8. The molecule has 0 heterocycles. The summed E-state index contributed by atoms with van der Waals surface area (Å²) in [4.78, 5) is 10.3. The summed E-state index contributed by atoms with van der Waals surface area (Å²) in [6, 6.07) is 0. The molecular weight excluding hydrogens is 272 g/mol. The molecule has 2 heteroatoms. The highest BCUT2D eigenvalue weighted by Crippen LogP contribution is 2.08. The second-order valence-corrected chi connectivity index (χ2v) is 6.08. The quantitative estimate of drug-likeness (QED) is 0.255. The van der Waals surface area contributed by atoms with Crippen molar-refractivity contribution in [2.24, 2.45) is 0 Å². The van der Waals surface area contributed by atoms with Crippen molar-refractivity contribution in [2.45, 2.75) is 96.8 Å². The van der Waals surface area contributed by atoms with E-state index in [4.69, 9.17) is 5.11 Å². The first-order valence-electron chi connectivity index (χ1n) is 9.29. The van der Waals surface area contributed by atoms with Gasteiger partial charge in [0.25, 0.3) is 0 Å². The highest BCUT2D eigenvalue weighted by Gasteiger charge is 1.95. The minimum atomic E-state index is -0.673. The Kier molecular flexibility index (Phi) is 17.1. The molecule has 0 aliphatic rings. The summed E-state index contributed by atoms with van der Waals surface area (Å²) >= 11 is 0. The SMILES string of the molecule is CCCCCCCCC=CCC=CCCCCCCC(=O)O. The van der Waals surface area contributed by atoms with Gasteiger partial charge in [0.2, 0.25) is 0 Å². The van der Waals surface area contributed by atoms with Crippen molar-refractivity contribution in [1.29, 1.82) is 0 Å². The van der Waals surface area contributed by atoms with E-state index in [1.165, 1.54) is 51.4 Å². The van der Waals surface area contributed by atoms with Crippen LogP contribution in [0.1, 0.15) is 96.8 Å². The number of unbranched alkanes of at least 4 members (excludes halogenated alkanes) is 10. The third-order valence-corrected chi connectivity index (χ3v) is 3.84. The monoisotopic (exact) mass is 308 g/mol. The van der Waals surface area contributed by atoms with E-state index in [0.717, 1.165) is 32.1 Å². The Hall–Kier alpha value is -1.05. The predicted octanol–water partition coefficient (Wildman–Crippen LogP) is 6.66. The molecule has 128 valence electrons. The van der Waals surface area contributed by atoms with Crippen LogP contribution < -0.4 is 0 Å². The summed E-state index contributed by atoms with van der Waals surface area (Å²) in [6.07, 6.45) is 25.2. The van der Waals surface area contributed by atoms with E-state index < -0.39 is 5.97 Å². The molecule has 0 unspecified atom stereocenters. The Morgan fingerprint density at radius 2 is 1.23 bits per heavy atom. The molecule has 0 bridgehead atoms. The van der Waals surface area contributed by atoms with Gasteiger partial charge in [0.15, 0.2) is 0 Å². The average molecular weight is 309 g/mol. The number of allylic oxidation sites excluding steroid dienone is 4. The molecule has 1 N–H and O–H groups in total. The Morgan fingerprint density at radius 3 is 1.77 bits per heavy atom. The van der Waals surface area contributed by atoms with E-state index in [-0.39, 0.29) is 0 Å². The lowest BCUT2D eigenvalue weighted by Crippen LogP contribution is -1.93. The van der Waals surface area contributed by atoms with Crippen molar-refractivity contribution in [3.8, 4) is 0 Å². The molecule has 0 aromatic heterocycles. The molecule has 0 radical (unpaired) electrons. The largest absolute Gasteiger partial charge is 0.481 e. The second kappa shape index (κ2) is 18.0. The van der Waals surface area contributed by atoms with E-state index in [2.05, 4.69) is 31.2 Å². The van der Waals surface area contributed by atoms with Crippen molar-refractivity contribution >= 4 is 5.97 Å². The van der Waals surface area contributed by atoms with Crippen LogP contribution in [-0.4, -0.2) is 11.1 Å². The lowest BCUT2D eigenvalue weighted by atomic mass is 10.1. The minimum Gasteiger partial charge on any atom is -0.481 e. The molecule has 0 aliphatic heterocycles. The van der Waals surface area contributed by atoms with Gasteiger partial charge in [0.1, 0.15) is 0 Å². The Bertz CT molecular complexity index is 292. The van der Waals surface area contributed by atoms with Crippen molar-refractivity contribution < 1.29 is 9.90 Å². The van der Waals surface area contributed by atoms with Crippen LogP contribution in [0.25, 0.3) is 0 Å². The highest BCUT2D eigenvalue weighted by molar-refractivity contribution is 5.66. The maximum Gasteiger partial charge on any atom is 0.303 e. The van der Waals surface area contributed by atoms with Gasteiger partial charge in [-0.3, -0.25) is 4.79 Å². The van der Waals surface area contributed by atoms with Crippen LogP contribution >= 0.6 is 0 Å². The van der Waals surface area contributed by atoms with E-state index in [9.17, 15) is 4.79 Å². The maximum absolute atomic E-state index is 10.3. The fraction of sp³-hybridized carbons (Fsp3) is 0.750. The molecule has 0 spiro atoms. The molecule has 0 atom stereocenters. The number of carboxylic acids is 1. The van der Waals surface area contributed by atoms with Gasteiger partial charge in [-0.1, -0.05) is 76.2 Å². The number of aliphatic carboxylic acids is 1. The van der Waals surface area contributed by atoms with E-state index >= 15 is 0 Å². The van der Waals surface area contributed by atoms with E-state index in [1.807, 2.05) is 0 Å². The molecule has 0 saturated carbocycles. The van der Waals surface area contributed by atoms with Gasteiger partial charge in [0, 0.05) is 6.42 Å². The van der Waals surface area contributed by atoms with Gasteiger partial charge >= 0.3 is 5.97 Å². The Morgan fingerprint density at radius 1 is 0.727 bits per heavy atom. The number of rotatable bonds is 16. The Labute approximate surface area is 137 Å². The van der Waals surface area contributed by atoms with Crippen LogP contribution in [-0.2, 0) is 4.79 Å². The predicted molar refractivity (Wildman–Crippen MR) is 96.2 cm³/mol. The normalized spacial score (nSPS) is 11.7. The van der Waals surface area contributed by atoms with Crippen molar-refractivity contribution in [3.63, 3.8) is 0 Å². The lowest BCUT2D eigenvalue weighted by Gasteiger charge is -1.97. The van der Waals surface area contributed by atoms with E-state index in [0.29, 0.717) is 6.42 Å². The third-order valence-electron chi connectivity index (χ3n) is 3.84. The zero-order valence-corrected chi connectivity index (χ0v) is 14.6. The molecule has 0 aliphatic carbocycles. The van der Waals surface area contributed by atoms with Crippen LogP contribution in [0.5, 0.6) is 0 Å². The second-order valence-electron chi connectivity index (χ2n) is 6.08. The first kappa shape index (κ1) is 20.9. The van der Waals surface area contributed by atoms with Gasteiger partial charge in [-0.05, 0) is 38.5 Å². The molecule has 22 heavy (non-hydrogen) atoms. The molecule has 0 saturated heterocycles. The summed E-state index contributed by atoms with van der Waals surface area (Å²) < 4.78 is 0. The summed E-state index contributed by atoms with van der Waals surface area (Å²) in [7, 11) is 0. The lowest BCUT2D eigenvalue weighted by molar-refractivity contribution is -0.137. The van der Waals surface area contributed by atoms with Gasteiger partial charge in [-0.15, -0.1) is 0 Å². The zero-order chi connectivity index (χ0) is 16.3. The van der Waals surface area contributed by atoms with Gasteiger partial charge < -0.3 is 5.11 Å². The van der Waals surface area contributed by atoms with Crippen molar-refractivity contribution in [2.75, 3.05) is 0 Å². The topological polar surface area (TPSA) is 37.3 Å². The summed E-state index contributed by atoms with van der Waals surface area (Å²) in [6.45, 7) is 2.26. The fourth-order valence-electron chi connectivity index (χ4n) is 2.44. The summed E-state index contributed by atoms with van der Waals surface area (Å²) in [5.41, 5.74) is 0. The smallest absolute Gasteiger partial charge is 0.303 e. The van der Waals surface area contributed by atoms with Crippen molar-refractivity contribution in [1.82, 2.24) is 0 Å².